The molecule has 0 radical (unpaired) electrons. The molecule has 3 aromatic rings. The molecule has 5 nitrogen and oxygen atoms in total. The van der Waals surface area contributed by atoms with Crippen LogP contribution in [0.5, 0.6) is 0 Å². The molecular formula is C14H15N5S. The summed E-state index contributed by atoms with van der Waals surface area (Å²) in [6, 6.07) is 11.8. The quantitative estimate of drug-likeness (QED) is 0.569. The zero-order valence-electron chi connectivity index (χ0n) is 11.0. The summed E-state index contributed by atoms with van der Waals surface area (Å²) in [5.41, 5.74) is 5.64. The fourth-order valence-corrected chi connectivity index (χ4v) is 2.79. The van der Waals surface area contributed by atoms with E-state index in [1.165, 1.54) is 4.88 Å². The minimum atomic E-state index is -0.141. The number of nitrogens with two attached hydrogens (primary N) is 1. The average Bonchev–Trinajstić information content (AvgIpc) is 3.11. The van der Waals surface area contributed by atoms with E-state index in [0.717, 1.165) is 16.9 Å². The number of aromatic nitrogens is 3. The Morgan fingerprint density at radius 2 is 2.10 bits per heavy atom. The van der Waals surface area contributed by atoms with Gasteiger partial charge < -0.3 is 0 Å². The first-order chi connectivity index (χ1) is 9.78. The first kappa shape index (κ1) is 13.0. The van der Waals surface area contributed by atoms with Crippen molar-refractivity contribution >= 4 is 11.3 Å². The molecule has 1 atom stereocenters. The zero-order valence-corrected chi connectivity index (χ0v) is 11.8. The van der Waals surface area contributed by atoms with E-state index in [1.54, 1.807) is 22.3 Å². The number of benzene rings is 1. The Morgan fingerprint density at radius 1 is 1.30 bits per heavy atom. The van der Waals surface area contributed by atoms with Crippen LogP contribution in [0.1, 0.15) is 22.2 Å². The van der Waals surface area contributed by atoms with Gasteiger partial charge in [-0.3, -0.25) is 5.84 Å². The van der Waals surface area contributed by atoms with Crippen molar-refractivity contribution in [2.45, 2.75) is 13.0 Å². The van der Waals surface area contributed by atoms with Crippen LogP contribution in [0.4, 0.5) is 0 Å². The Morgan fingerprint density at radius 3 is 2.75 bits per heavy atom. The largest absolute Gasteiger partial charge is 0.271 e. The molecule has 0 aliphatic carbocycles. The van der Waals surface area contributed by atoms with E-state index in [1.807, 2.05) is 30.3 Å². The monoisotopic (exact) mass is 285 g/mol. The van der Waals surface area contributed by atoms with Gasteiger partial charge in [0.25, 0.3) is 0 Å². The van der Waals surface area contributed by atoms with Crippen LogP contribution < -0.4 is 11.3 Å². The highest BCUT2D eigenvalue weighted by Gasteiger charge is 2.17. The van der Waals surface area contributed by atoms with Gasteiger partial charge in [0, 0.05) is 4.88 Å². The maximum absolute atomic E-state index is 5.67. The van der Waals surface area contributed by atoms with Crippen molar-refractivity contribution in [1.82, 2.24) is 20.4 Å². The SMILES string of the molecule is Cc1cc(C(NN)c2cnn(-c3ccccc3)n2)cs1. The van der Waals surface area contributed by atoms with E-state index >= 15 is 0 Å². The molecule has 6 heteroatoms. The van der Waals surface area contributed by atoms with Crippen LogP contribution in [-0.2, 0) is 0 Å². The smallest absolute Gasteiger partial charge is 0.106 e. The first-order valence-electron chi connectivity index (χ1n) is 6.27. The van der Waals surface area contributed by atoms with Gasteiger partial charge in [-0.15, -0.1) is 11.3 Å². The third kappa shape index (κ3) is 2.49. The van der Waals surface area contributed by atoms with Gasteiger partial charge in [-0.25, -0.2) is 5.43 Å². The third-order valence-corrected chi connectivity index (χ3v) is 3.92. The molecule has 2 aromatic heterocycles. The van der Waals surface area contributed by atoms with Crippen molar-refractivity contribution in [1.29, 1.82) is 0 Å². The summed E-state index contributed by atoms with van der Waals surface area (Å²) in [5, 5.41) is 10.9. The predicted molar refractivity (Wildman–Crippen MR) is 79.6 cm³/mol. The lowest BCUT2D eigenvalue weighted by atomic mass is 10.1. The molecule has 1 aromatic carbocycles. The number of hydrazine groups is 1. The Hall–Kier alpha value is -2.02. The highest BCUT2D eigenvalue weighted by molar-refractivity contribution is 7.10. The normalized spacial score (nSPS) is 12.5. The van der Waals surface area contributed by atoms with E-state index in [-0.39, 0.29) is 6.04 Å². The lowest BCUT2D eigenvalue weighted by Gasteiger charge is -2.10. The van der Waals surface area contributed by atoms with Crippen molar-refractivity contribution in [2.24, 2.45) is 5.84 Å². The predicted octanol–water partition coefficient (Wildman–Crippen LogP) is 2.19. The highest BCUT2D eigenvalue weighted by atomic mass is 32.1. The van der Waals surface area contributed by atoms with Crippen LogP contribution in [0.15, 0.2) is 48.0 Å². The van der Waals surface area contributed by atoms with E-state index < -0.39 is 0 Å². The summed E-state index contributed by atoms with van der Waals surface area (Å²) >= 11 is 1.70. The number of hydrogen-bond acceptors (Lipinski definition) is 5. The minimum absolute atomic E-state index is 0.141. The fraction of sp³-hybridized carbons (Fsp3) is 0.143. The molecule has 0 aliphatic heterocycles. The summed E-state index contributed by atoms with van der Waals surface area (Å²) in [6.07, 6.45) is 1.74. The van der Waals surface area contributed by atoms with E-state index in [4.69, 9.17) is 5.84 Å². The van der Waals surface area contributed by atoms with Crippen molar-refractivity contribution in [3.05, 3.63) is 64.1 Å². The van der Waals surface area contributed by atoms with Crippen LogP contribution in [-0.4, -0.2) is 15.0 Å². The Bertz CT molecular complexity index is 688. The molecule has 1 unspecified atom stereocenters. The number of thiophene rings is 1. The minimum Gasteiger partial charge on any atom is -0.271 e. The number of rotatable bonds is 4. The van der Waals surface area contributed by atoms with Crippen molar-refractivity contribution in [3.8, 4) is 5.69 Å². The molecule has 0 spiro atoms. The standard InChI is InChI=1S/C14H15N5S/c1-10-7-11(9-20-10)14(17-15)13-8-16-19(18-13)12-5-3-2-4-6-12/h2-9,14,17H,15H2,1H3. The fourth-order valence-electron chi connectivity index (χ4n) is 2.06. The molecule has 20 heavy (non-hydrogen) atoms. The van der Waals surface area contributed by atoms with Crippen LogP contribution in [0.2, 0.25) is 0 Å². The van der Waals surface area contributed by atoms with Crippen molar-refractivity contribution in [2.75, 3.05) is 0 Å². The second-order valence-electron chi connectivity index (χ2n) is 4.48. The van der Waals surface area contributed by atoms with Crippen LogP contribution in [0.25, 0.3) is 5.69 Å². The molecule has 2 heterocycles. The molecule has 3 rings (SSSR count). The first-order valence-corrected chi connectivity index (χ1v) is 7.14. The third-order valence-electron chi connectivity index (χ3n) is 3.04. The van der Waals surface area contributed by atoms with Gasteiger partial charge in [0.1, 0.15) is 5.69 Å². The van der Waals surface area contributed by atoms with E-state index in [0.29, 0.717) is 0 Å². The van der Waals surface area contributed by atoms with Crippen molar-refractivity contribution in [3.63, 3.8) is 0 Å². The molecule has 0 bridgehead atoms. The number of nitrogens with zero attached hydrogens (tertiary/aromatic N) is 3. The zero-order chi connectivity index (χ0) is 13.9. The van der Waals surface area contributed by atoms with Gasteiger partial charge in [0.2, 0.25) is 0 Å². The molecule has 3 N–H and O–H groups in total. The van der Waals surface area contributed by atoms with Gasteiger partial charge in [-0.05, 0) is 36.1 Å². The van der Waals surface area contributed by atoms with Gasteiger partial charge in [0.05, 0.1) is 17.9 Å². The molecule has 0 saturated carbocycles. The summed E-state index contributed by atoms with van der Waals surface area (Å²) < 4.78 is 0. The Balaban J connectivity index is 1.92. The van der Waals surface area contributed by atoms with E-state index in [2.05, 4.69) is 34.0 Å². The second kappa shape index (κ2) is 5.54. The van der Waals surface area contributed by atoms with Gasteiger partial charge in [-0.2, -0.15) is 15.0 Å². The van der Waals surface area contributed by atoms with Crippen LogP contribution in [0.3, 0.4) is 0 Å². The van der Waals surface area contributed by atoms with Gasteiger partial charge >= 0.3 is 0 Å². The van der Waals surface area contributed by atoms with Crippen molar-refractivity contribution < 1.29 is 0 Å². The summed E-state index contributed by atoms with van der Waals surface area (Å²) in [6.45, 7) is 2.07. The number of aryl methyl sites for hydroxylation is 1. The average molecular weight is 285 g/mol. The van der Waals surface area contributed by atoms with Crippen LogP contribution >= 0.6 is 11.3 Å². The number of para-hydroxylation sites is 1. The lowest BCUT2D eigenvalue weighted by molar-refractivity contribution is 0.610. The topological polar surface area (TPSA) is 68.8 Å². The van der Waals surface area contributed by atoms with Gasteiger partial charge in [0.15, 0.2) is 0 Å². The molecule has 0 amide bonds. The molecule has 0 saturated heterocycles. The second-order valence-corrected chi connectivity index (χ2v) is 5.60. The molecular weight excluding hydrogens is 270 g/mol. The molecule has 0 aliphatic rings. The molecule has 0 fully saturated rings. The number of nitrogens with one attached hydrogen (secondary N) is 1. The summed E-state index contributed by atoms with van der Waals surface area (Å²) in [5.74, 6) is 5.67. The van der Waals surface area contributed by atoms with Crippen LogP contribution in [0, 0.1) is 6.92 Å². The molecule has 102 valence electrons. The summed E-state index contributed by atoms with van der Waals surface area (Å²) in [4.78, 5) is 2.86. The summed E-state index contributed by atoms with van der Waals surface area (Å²) in [7, 11) is 0. The Kier molecular flexibility index (Phi) is 3.60. The lowest BCUT2D eigenvalue weighted by Crippen LogP contribution is -2.29. The Labute approximate surface area is 121 Å². The number of hydrogen-bond donors (Lipinski definition) is 2. The highest BCUT2D eigenvalue weighted by Crippen LogP contribution is 2.24. The van der Waals surface area contributed by atoms with Gasteiger partial charge in [-0.1, -0.05) is 18.2 Å². The maximum atomic E-state index is 5.67. The van der Waals surface area contributed by atoms with E-state index in [9.17, 15) is 0 Å². The maximum Gasteiger partial charge on any atom is 0.106 e.